The third-order valence-electron chi connectivity index (χ3n) is 3.28. The first kappa shape index (κ1) is 13.3. The first-order valence-electron chi connectivity index (χ1n) is 6.30. The van der Waals surface area contributed by atoms with Crippen LogP contribution in [-0.4, -0.2) is 26.3 Å². The zero-order chi connectivity index (χ0) is 13.0. The molecular weight excluding hydrogens is 248 g/mol. The van der Waals surface area contributed by atoms with Crippen molar-refractivity contribution in [2.24, 2.45) is 5.92 Å². The van der Waals surface area contributed by atoms with Crippen LogP contribution in [0.5, 0.6) is 0 Å². The van der Waals surface area contributed by atoms with Crippen molar-refractivity contribution in [3.63, 3.8) is 0 Å². The van der Waals surface area contributed by atoms with Gasteiger partial charge in [-0.1, -0.05) is 43.2 Å². The number of carboxylic acids is 1. The molecule has 1 aliphatic carbocycles. The molecule has 1 aromatic rings. The van der Waals surface area contributed by atoms with Gasteiger partial charge in [0.1, 0.15) is 5.25 Å². The van der Waals surface area contributed by atoms with E-state index in [0.29, 0.717) is 18.1 Å². The lowest BCUT2D eigenvalue weighted by atomic mass is 10.1. The molecule has 18 heavy (non-hydrogen) atoms. The normalized spacial score (nSPS) is 18.2. The topological polar surface area (TPSA) is 54.4 Å². The molecule has 0 radical (unpaired) electrons. The molecule has 98 valence electrons. The van der Waals surface area contributed by atoms with Gasteiger partial charge in [0.05, 0.1) is 0 Å². The molecule has 0 amide bonds. The van der Waals surface area contributed by atoms with E-state index in [1.54, 1.807) is 0 Å². The Morgan fingerprint density at radius 3 is 2.56 bits per heavy atom. The molecule has 1 aromatic carbocycles. The lowest BCUT2D eigenvalue weighted by Crippen LogP contribution is -2.29. The number of carbonyl (C=O) groups is 1. The van der Waals surface area contributed by atoms with Gasteiger partial charge in [-0.2, -0.15) is 0 Å². The number of rotatable bonds is 7. The molecule has 2 rings (SSSR count). The molecule has 0 heterocycles. The van der Waals surface area contributed by atoms with Crippen molar-refractivity contribution in [3.8, 4) is 0 Å². The minimum absolute atomic E-state index is 0.355. The predicted octanol–water partition coefficient (Wildman–Crippen LogP) is 2.23. The molecule has 1 fully saturated rings. The summed E-state index contributed by atoms with van der Waals surface area (Å²) in [7, 11) is -1.27. The highest BCUT2D eigenvalue weighted by Gasteiger charge is 2.28. The van der Waals surface area contributed by atoms with Gasteiger partial charge in [-0.05, 0) is 24.3 Å². The van der Waals surface area contributed by atoms with Gasteiger partial charge >= 0.3 is 5.97 Å². The van der Waals surface area contributed by atoms with Crippen LogP contribution < -0.4 is 0 Å². The van der Waals surface area contributed by atoms with E-state index < -0.39 is 22.0 Å². The number of benzene rings is 1. The fraction of sp³-hybridized carbons (Fsp3) is 0.500. The average molecular weight is 266 g/mol. The molecule has 0 bridgehead atoms. The molecule has 2 unspecified atom stereocenters. The summed E-state index contributed by atoms with van der Waals surface area (Å²) in [6.45, 7) is 0. The maximum Gasteiger partial charge on any atom is 0.319 e. The predicted molar refractivity (Wildman–Crippen MR) is 71.9 cm³/mol. The number of hydrogen-bond acceptors (Lipinski definition) is 2. The van der Waals surface area contributed by atoms with Gasteiger partial charge in [0.15, 0.2) is 0 Å². The molecule has 0 spiro atoms. The minimum atomic E-state index is -1.27. The van der Waals surface area contributed by atoms with Gasteiger partial charge in [-0.25, -0.2) is 0 Å². The lowest BCUT2D eigenvalue weighted by molar-refractivity contribution is -0.136. The molecule has 0 aromatic heterocycles. The fourth-order valence-corrected chi connectivity index (χ4v) is 3.41. The summed E-state index contributed by atoms with van der Waals surface area (Å²) in [4.78, 5) is 11.2. The number of hydrogen-bond donors (Lipinski definition) is 1. The smallest absolute Gasteiger partial charge is 0.319 e. The maximum atomic E-state index is 12.1. The van der Waals surface area contributed by atoms with E-state index in [2.05, 4.69) is 0 Å². The number of carboxylic acid groups (broad SMARTS) is 1. The van der Waals surface area contributed by atoms with Crippen LogP contribution in [0.4, 0.5) is 0 Å². The van der Waals surface area contributed by atoms with Crippen molar-refractivity contribution in [3.05, 3.63) is 35.9 Å². The van der Waals surface area contributed by atoms with Crippen molar-refractivity contribution in [1.82, 2.24) is 0 Å². The Kier molecular flexibility index (Phi) is 4.53. The molecule has 3 nitrogen and oxygen atoms in total. The van der Waals surface area contributed by atoms with Gasteiger partial charge < -0.3 is 5.11 Å². The summed E-state index contributed by atoms with van der Waals surface area (Å²) >= 11 is 0. The Labute approximate surface area is 110 Å². The van der Waals surface area contributed by atoms with Crippen LogP contribution in [0.25, 0.3) is 0 Å². The summed E-state index contributed by atoms with van der Waals surface area (Å²) in [5.74, 6) is 0.266. The third-order valence-corrected chi connectivity index (χ3v) is 4.92. The quantitative estimate of drug-likeness (QED) is 0.823. The molecule has 4 heteroatoms. The van der Waals surface area contributed by atoms with Gasteiger partial charge in [0, 0.05) is 16.6 Å². The first-order chi connectivity index (χ1) is 8.66. The summed E-state index contributed by atoms with van der Waals surface area (Å²) in [6.07, 6.45) is 3.69. The third kappa shape index (κ3) is 3.95. The molecule has 0 saturated heterocycles. The average Bonchev–Trinajstić information content (AvgIpc) is 3.18. The first-order valence-corrected chi connectivity index (χ1v) is 7.69. The largest absolute Gasteiger partial charge is 0.480 e. The van der Waals surface area contributed by atoms with Crippen molar-refractivity contribution >= 4 is 16.8 Å². The van der Waals surface area contributed by atoms with Gasteiger partial charge in [-0.3, -0.25) is 9.00 Å². The van der Waals surface area contributed by atoms with E-state index in [1.807, 2.05) is 30.3 Å². The number of aliphatic carboxylic acids is 1. The Morgan fingerprint density at radius 1 is 1.33 bits per heavy atom. The Hall–Kier alpha value is -1.16. The zero-order valence-corrected chi connectivity index (χ0v) is 11.1. The fourth-order valence-electron chi connectivity index (χ4n) is 1.95. The van der Waals surface area contributed by atoms with Crippen LogP contribution in [-0.2, 0) is 22.0 Å². The second kappa shape index (κ2) is 6.14. The second-order valence-electron chi connectivity index (χ2n) is 4.83. The van der Waals surface area contributed by atoms with E-state index in [9.17, 15) is 14.1 Å². The summed E-state index contributed by atoms with van der Waals surface area (Å²) in [5, 5.41) is 8.42. The van der Waals surface area contributed by atoms with Crippen molar-refractivity contribution in [2.75, 3.05) is 5.75 Å². The molecule has 2 atom stereocenters. The van der Waals surface area contributed by atoms with Crippen LogP contribution in [0.1, 0.15) is 24.8 Å². The van der Waals surface area contributed by atoms with Crippen molar-refractivity contribution < 1.29 is 14.1 Å². The van der Waals surface area contributed by atoms with Crippen LogP contribution in [0.15, 0.2) is 30.3 Å². The van der Waals surface area contributed by atoms with Crippen molar-refractivity contribution in [2.45, 2.75) is 30.9 Å². The van der Waals surface area contributed by atoms with Crippen LogP contribution >= 0.6 is 0 Å². The highest BCUT2D eigenvalue weighted by molar-refractivity contribution is 7.86. The highest BCUT2D eigenvalue weighted by atomic mass is 32.2. The second-order valence-corrected chi connectivity index (χ2v) is 6.57. The van der Waals surface area contributed by atoms with E-state index in [1.165, 1.54) is 12.8 Å². The van der Waals surface area contributed by atoms with E-state index in [4.69, 9.17) is 0 Å². The van der Waals surface area contributed by atoms with Crippen LogP contribution in [0.2, 0.25) is 0 Å². The molecule has 1 N–H and O–H groups in total. The highest BCUT2D eigenvalue weighted by Crippen LogP contribution is 2.32. The van der Waals surface area contributed by atoms with E-state index in [-0.39, 0.29) is 0 Å². The Morgan fingerprint density at radius 2 is 2.00 bits per heavy atom. The van der Waals surface area contributed by atoms with Gasteiger partial charge in [0.2, 0.25) is 0 Å². The van der Waals surface area contributed by atoms with Crippen LogP contribution in [0, 0.1) is 5.92 Å². The summed E-state index contributed by atoms with van der Waals surface area (Å²) in [6, 6.07) is 9.41. The SMILES string of the molecule is O=C(O)C(Cc1ccccc1)S(=O)CCC1CC1. The zero-order valence-electron chi connectivity index (χ0n) is 10.2. The molecule has 1 aliphatic rings. The van der Waals surface area contributed by atoms with Gasteiger partial charge in [-0.15, -0.1) is 0 Å². The molecule has 1 saturated carbocycles. The monoisotopic (exact) mass is 266 g/mol. The van der Waals surface area contributed by atoms with E-state index in [0.717, 1.165) is 12.0 Å². The van der Waals surface area contributed by atoms with Gasteiger partial charge in [0.25, 0.3) is 0 Å². The van der Waals surface area contributed by atoms with E-state index >= 15 is 0 Å². The molecule has 0 aliphatic heterocycles. The Balaban J connectivity index is 1.94. The summed E-state index contributed by atoms with van der Waals surface area (Å²) in [5.41, 5.74) is 0.935. The minimum Gasteiger partial charge on any atom is -0.480 e. The van der Waals surface area contributed by atoms with Crippen LogP contribution in [0.3, 0.4) is 0 Å². The summed E-state index contributed by atoms with van der Waals surface area (Å²) < 4.78 is 12.1. The molecular formula is C14H18O3S. The standard InChI is InChI=1S/C14H18O3S/c15-14(16)13(10-12-4-2-1-3-5-12)18(17)9-8-11-6-7-11/h1-5,11,13H,6-10H2,(H,15,16). The lowest BCUT2D eigenvalue weighted by Gasteiger charge is -2.12. The van der Waals surface area contributed by atoms with Crippen molar-refractivity contribution in [1.29, 1.82) is 0 Å². The maximum absolute atomic E-state index is 12.1. The Bertz CT molecular complexity index is 426.